The highest BCUT2D eigenvalue weighted by Crippen LogP contribution is 2.09. The minimum absolute atomic E-state index is 0.676. The molecule has 0 atom stereocenters. The summed E-state index contributed by atoms with van der Waals surface area (Å²) in [6.07, 6.45) is 1.97. The van der Waals surface area contributed by atoms with Crippen LogP contribution in [0.15, 0.2) is 24.4 Å². The Morgan fingerprint density at radius 1 is 1.21 bits per heavy atom. The number of H-pyrrole nitrogens is 1. The Morgan fingerprint density at radius 3 is 2.89 bits per heavy atom. The van der Waals surface area contributed by atoms with Crippen LogP contribution in [0, 0.1) is 13.8 Å². The molecule has 6 heteroatoms. The molecule has 3 aromatic rings. The van der Waals surface area contributed by atoms with Crippen molar-refractivity contribution in [2.75, 3.05) is 0 Å². The third-order valence-electron chi connectivity index (χ3n) is 3.25. The second-order valence-corrected chi connectivity index (χ2v) is 4.56. The van der Waals surface area contributed by atoms with Gasteiger partial charge in [0.2, 0.25) is 0 Å². The zero-order valence-corrected chi connectivity index (χ0v) is 11.0. The SMILES string of the molecule is Cc1n[nH]c(C)c1CNCc1nnc2ccccn12. The number of aryl methyl sites for hydroxylation is 2. The van der Waals surface area contributed by atoms with Crippen molar-refractivity contribution in [1.29, 1.82) is 0 Å². The molecule has 0 spiro atoms. The molecule has 3 aromatic heterocycles. The molecule has 98 valence electrons. The van der Waals surface area contributed by atoms with Gasteiger partial charge >= 0.3 is 0 Å². The topological polar surface area (TPSA) is 70.9 Å². The van der Waals surface area contributed by atoms with Crippen LogP contribution in [-0.4, -0.2) is 24.8 Å². The van der Waals surface area contributed by atoms with E-state index in [-0.39, 0.29) is 0 Å². The maximum absolute atomic E-state index is 4.19. The number of nitrogens with one attached hydrogen (secondary N) is 2. The predicted octanol–water partition coefficient (Wildman–Crippen LogP) is 1.36. The number of hydrogen-bond acceptors (Lipinski definition) is 4. The van der Waals surface area contributed by atoms with Crippen molar-refractivity contribution >= 4 is 5.65 Å². The van der Waals surface area contributed by atoms with Gasteiger partial charge in [0.15, 0.2) is 11.5 Å². The number of pyridine rings is 1. The summed E-state index contributed by atoms with van der Waals surface area (Å²) in [6, 6.07) is 5.88. The summed E-state index contributed by atoms with van der Waals surface area (Å²) in [4.78, 5) is 0. The third-order valence-corrected chi connectivity index (χ3v) is 3.25. The molecule has 2 N–H and O–H groups in total. The zero-order valence-electron chi connectivity index (χ0n) is 11.0. The summed E-state index contributed by atoms with van der Waals surface area (Å²) in [5.74, 6) is 0.911. The van der Waals surface area contributed by atoms with E-state index in [4.69, 9.17) is 0 Å². The second kappa shape index (κ2) is 4.81. The van der Waals surface area contributed by atoms with Crippen LogP contribution in [0.4, 0.5) is 0 Å². The van der Waals surface area contributed by atoms with E-state index in [1.165, 1.54) is 5.56 Å². The van der Waals surface area contributed by atoms with E-state index in [0.29, 0.717) is 6.54 Å². The molecule has 0 bridgehead atoms. The van der Waals surface area contributed by atoms with E-state index in [0.717, 1.165) is 29.4 Å². The van der Waals surface area contributed by atoms with Crippen LogP contribution < -0.4 is 5.32 Å². The number of fused-ring (bicyclic) bond motifs is 1. The molecule has 0 aliphatic rings. The van der Waals surface area contributed by atoms with Gasteiger partial charge in [0, 0.05) is 24.0 Å². The average molecular weight is 256 g/mol. The Labute approximate surface area is 110 Å². The molecular weight excluding hydrogens is 240 g/mol. The molecule has 0 amide bonds. The van der Waals surface area contributed by atoms with Gasteiger partial charge in [0.05, 0.1) is 12.2 Å². The quantitative estimate of drug-likeness (QED) is 0.739. The lowest BCUT2D eigenvalue weighted by Crippen LogP contribution is -2.15. The Kier molecular flexibility index (Phi) is 3.00. The van der Waals surface area contributed by atoms with Crippen LogP contribution >= 0.6 is 0 Å². The Hall–Kier alpha value is -2.21. The van der Waals surface area contributed by atoms with Crippen LogP contribution in [0.3, 0.4) is 0 Å². The van der Waals surface area contributed by atoms with E-state index in [1.54, 1.807) is 0 Å². The summed E-state index contributed by atoms with van der Waals surface area (Å²) in [5.41, 5.74) is 4.23. The Morgan fingerprint density at radius 2 is 2.11 bits per heavy atom. The van der Waals surface area contributed by atoms with Gasteiger partial charge in [-0.2, -0.15) is 5.10 Å². The van der Waals surface area contributed by atoms with Crippen LogP contribution in [-0.2, 0) is 13.1 Å². The van der Waals surface area contributed by atoms with Gasteiger partial charge in [-0.3, -0.25) is 9.50 Å². The maximum atomic E-state index is 4.19. The van der Waals surface area contributed by atoms with E-state index >= 15 is 0 Å². The summed E-state index contributed by atoms with van der Waals surface area (Å²) in [6.45, 7) is 5.49. The first-order valence-electron chi connectivity index (χ1n) is 6.25. The molecule has 0 aliphatic carbocycles. The third kappa shape index (κ3) is 2.22. The Bertz CT molecular complexity index is 677. The molecule has 0 aliphatic heterocycles. The lowest BCUT2D eigenvalue weighted by Gasteiger charge is -2.04. The smallest absolute Gasteiger partial charge is 0.160 e. The van der Waals surface area contributed by atoms with Crippen molar-refractivity contribution in [3.8, 4) is 0 Å². The van der Waals surface area contributed by atoms with Gasteiger partial charge in [0.25, 0.3) is 0 Å². The first kappa shape index (κ1) is 11.9. The molecule has 3 rings (SSSR count). The predicted molar refractivity (Wildman–Crippen MR) is 71.6 cm³/mol. The number of rotatable bonds is 4. The molecule has 0 aromatic carbocycles. The fourth-order valence-electron chi connectivity index (χ4n) is 2.15. The lowest BCUT2D eigenvalue weighted by atomic mass is 10.2. The maximum Gasteiger partial charge on any atom is 0.160 e. The van der Waals surface area contributed by atoms with Crippen molar-refractivity contribution in [1.82, 2.24) is 30.1 Å². The van der Waals surface area contributed by atoms with Gasteiger partial charge in [0.1, 0.15) is 0 Å². The summed E-state index contributed by atoms with van der Waals surface area (Å²) in [7, 11) is 0. The number of aromatic amines is 1. The molecule has 3 heterocycles. The fraction of sp³-hybridized carbons (Fsp3) is 0.308. The van der Waals surface area contributed by atoms with E-state index in [2.05, 4.69) is 25.7 Å². The Balaban J connectivity index is 1.70. The van der Waals surface area contributed by atoms with Crippen molar-refractivity contribution in [2.24, 2.45) is 0 Å². The molecule has 19 heavy (non-hydrogen) atoms. The van der Waals surface area contributed by atoms with Crippen molar-refractivity contribution in [3.05, 3.63) is 47.2 Å². The number of nitrogens with zero attached hydrogens (tertiary/aromatic N) is 4. The van der Waals surface area contributed by atoms with Gasteiger partial charge in [-0.15, -0.1) is 10.2 Å². The van der Waals surface area contributed by atoms with Gasteiger partial charge in [-0.25, -0.2) is 0 Å². The van der Waals surface area contributed by atoms with Crippen molar-refractivity contribution < 1.29 is 0 Å². The van der Waals surface area contributed by atoms with Gasteiger partial charge in [-0.1, -0.05) is 6.07 Å². The van der Waals surface area contributed by atoms with Gasteiger partial charge < -0.3 is 5.32 Å². The van der Waals surface area contributed by atoms with E-state index in [1.807, 2.05) is 42.6 Å². The van der Waals surface area contributed by atoms with Crippen molar-refractivity contribution in [3.63, 3.8) is 0 Å². The van der Waals surface area contributed by atoms with Crippen LogP contribution in [0.2, 0.25) is 0 Å². The molecule has 0 saturated carbocycles. The number of aromatic nitrogens is 5. The normalized spacial score (nSPS) is 11.3. The van der Waals surface area contributed by atoms with Crippen LogP contribution in [0.5, 0.6) is 0 Å². The summed E-state index contributed by atoms with van der Waals surface area (Å²) in [5, 5.41) is 18.9. The monoisotopic (exact) mass is 256 g/mol. The molecule has 0 saturated heterocycles. The zero-order chi connectivity index (χ0) is 13.2. The highest BCUT2D eigenvalue weighted by molar-refractivity contribution is 5.36. The molecule has 0 unspecified atom stereocenters. The molecular formula is C13H16N6. The number of hydrogen-bond donors (Lipinski definition) is 2. The van der Waals surface area contributed by atoms with Crippen LogP contribution in [0.1, 0.15) is 22.8 Å². The summed E-state index contributed by atoms with van der Waals surface area (Å²) < 4.78 is 1.99. The first-order valence-corrected chi connectivity index (χ1v) is 6.25. The molecule has 6 nitrogen and oxygen atoms in total. The van der Waals surface area contributed by atoms with E-state index < -0.39 is 0 Å². The highest BCUT2D eigenvalue weighted by Gasteiger charge is 2.07. The minimum Gasteiger partial charge on any atom is -0.306 e. The largest absolute Gasteiger partial charge is 0.306 e. The molecule has 0 radical (unpaired) electrons. The first-order chi connectivity index (χ1) is 9.25. The summed E-state index contributed by atoms with van der Waals surface area (Å²) >= 11 is 0. The molecule has 0 fully saturated rings. The minimum atomic E-state index is 0.676. The standard InChI is InChI=1S/C13H16N6/c1-9-11(10(2)16-15-9)7-14-8-13-18-17-12-5-3-4-6-19(12)13/h3-6,14H,7-8H2,1-2H3,(H,15,16). The van der Waals surface area contributed by atoms with Crippen molar-refractivity contribution in [2.45, 2.75) is 26.9 Å². The fourth-order valence-corrected chi connectivity index (χ4v) is 2.15. The lowest BCUT2D eigenvalue weighted by molar-refractivity contribution is 0.653. The van der Waals surface area contributed by atoms with Crippen LogP contribution in [0.25, 0.3) is 5.65 Å². The highest BCUT2D eigenvalue weighted by atomic mass is 15.3. The second-order valence-electron chi connectivity index (χ2n) is 4.56. The van der Waals surface area contributed by atoms with E-state index in [9.17, 15) is 0 Å². The van der Waals surface area contributed by atoms with Gasteiger partial charge in [-0.05, 0) is 26.0 Å². The average Bonchev–Trinajstić information content (AvgIpc) is 2.97.